The number of piperidine rings is 1. The third-order valence-corrected chi connectivity index (χ3v) is 5.22. The Balaban J connectivity index is 1.89. The zero-order valence-corrected chi connectivity index (χ0v) is 12.0. The van der Waals surface area contributed by atoms with E-state index in [1.807, 2.05) is 0 Å². The molecule has 1 aliphatic heterocycles. The van der Waals surface area contributed by atoms with E-state index in [-0.39, 0.29) is 29.0 Å². The van der Waals surface area contributed by atoms with Gasteiger partial charge in [0.2, 0.25) is 5.91 Å². The van der Waals surface area contributed by atoms with Crippen LogP contribution in [0.15, 0.2) is 0 Å². The van der Waals surface area contributed by atoms with Gasteiger partial charge in [-0.3, -0.25) is 4.79 Å². The minimum atomic E-state index is -0.120. The van der Waals surface area contributed by atoms with Gasteiger partial charge in [-0.2, -0.15) is 0 Å². The van der Waals surface area contributed by atoms with Gasteiger partial charge in [0.25, 0.3) is 0 Å². The molecule has 0 bridgehead atoms. The molecule has 1 saturated heterocycles. The average Bonchev–Trinajstić information content (AvgIpc) is 2.38. The Morgan fingerprint density at radius 2 is 2.06 bits per heavy atom. The summed E-state index contributed by atoms with van der Waals surface area (Å²) in [5.74, 6) is 0.158. The molecule has 0 radical (unpaired) electrons. The minimum absolute atomic E-state index is 0.00366. The second kappa shape index (κ2) is 4.82. The van der Waals surface area contributed by atoms with Crippen molar-refractivity contribution < 1.29 is 9.53 Å². The average molecular weight is 254 g/mol. The van der Waals surface area contributed by atoms with Gasteiger partial charge in [-0.1, -0.05) is 20.3 Å². The smallest absolute Gasteiger partial charge is 0.237 e. The molecule has 2 N–H and O–H groups in total. The fraction of sp³-hybridized carbons (Fsp3) is 0.929. The molecular formula is C14H26N2O2. The molecule has 1 heterocycles. The van der Waals surface area contributed by atoms with E-state index in [0.29, 0.717) is 0 Å². The second-order valence-electron chi connectivity index (χ2n) is 6.42. The molecular weight excluding hydrogens is 228 g/mol. The zero-order chi connectivity index (χ0) is 13.4. The van der Waals surface area contributed by atoms with Gasteiger partial charge < -0.3 is 15.4 Å². The number of rotatable bonds is 3. The summed E-state index contributed by atoms with van der Waals surface area (Å²) in [5, 5.41) is 6.48. The van der Waals surface area contributed by atoms with Gasteiger partial charge in [-0.15, -0.1) is 0 Å². The Morgan fingerprint density at radius 1 is 1.33 bits per heavy atom. The van der Waals surface area contributed by atoms with E-state index >= 15 is 0 Å². The van der Waals surface area contributed by atoms with Crippen LogP contribution in [0, 0.1) is 5.41 Å². The summed E-state index contributed by atoms with van der Waals surface area (Å²) >= 11 is 0. The minimum Gasteiger partial charge on any atom is -0.378 e. The number of nitrogens with one attached hydrogen (secondary N) is 2. The molecule has 0 unspecified atom stereocenters. The van der Waals surface area contributed by atoms with E-state index in [1.165, 1.54) is 6.42 Å². The van der Waals surface area contributed by atoms with Crippen LogP contribution >= 0.6 is 0 Å². The quantitative estimate of drug-likeness (QED) is 0.801. The first-order valence-corrected chi connectivity index (χ1v) is 6.99. The molecule has 3 atom stereocenters. The van der Waals surface area contributed by atoms with E-state index in [1.54, 1.807) is 7.11 Å². The number of methoxy groups -OCH3 is 1. The van der Waals surface area contributed by atoms with Crippen molar-refractivity contribution in [3.63, 3.8) is 0 Å². The maximum absolute atomic E-state index is 12.2. The maximum Gasteiger partial charge on any atom is 0.237 e. The Hall–Kier alpha value is -0.610. The molecule has 0 spiro atoms. The first kappa shape index (κ1) is 13.8. The van der Waals surface area contributed by atoms with Gasteiger partial charge in [0.05, 0.1) is 11.6 Å². The van der Waals surface area contributed by atoms with E-state index in [2.05, 4.69) is 31.4 Å². The lowest BCUT2D eigenvalue weighted by molar-refractivity contribution is -0.183. The van der Waals surface area contributed by atoms with Gasteiger partial charge in [0.1, 0.15) is 0 Å². The molecule has 4 nitrogen and oxygen atoms in total. The van der Waals surface area contributed by atoms with Gasteiger partial charge in [0, 0.05) is 18.6 Å². The first-order valence-electron chi connectivity index (χ1n) is 6.99. The van der Waals surface area contributed by atoms with Gasteiger partial charge in [-0.25, -0.2) is 0 Å². The highest BCUT2D eigenvalue weighted by molar-refractivity contribution is 5.82. The van der Waals surface area contributed by atoms with Crippen LogP contribution in [0.5, 0.6) is 0 Å². The topological polar surface area (TPSA) is 50.4 Å². The largest absolute Gasteiger partial charge is 0.378 e. The van der Waals surface area contributed by atoms with Crippen molar-refractivity contribution in [2.24, 2.45) is 5.41 Å². The number of carbonyl (C=O) groups is 1. The molecule has 104 valence electrons. The van der Waals surface area contributed by atoms with Crippen LogP contribution in [-0.4, -0.2) is 37.2 Å². The van der Waals surface area contributed by atoms with Crippen molar-refractivity contribution in [1.82, 2.24) is 10.6 Å². The summed E-state index contributed by atoms with van der Waals surface area (Å²) in [6.07, 6.45) is 4.19. The lowest BCUT2D eigenvalue weighted by Crippen LogP contribution is -2.69. The Labute approximate surface area is 110 Å². The Kier molecular flexibility index (Phi) is 3.70. The molecule has 1 aliphatic carbocycles. The predicted molar refractivity (Wildman–Crippen MR) is 71.4 cm³/mol. The summed E-state index contributed by atoms with van der Waals surface area (Å²) in [6, 6.07) is 0.225. The molecule has 0 aromatic rings. The highest BCUT2D eigenvalue weighted by Crippen LogP contribution is 2.51. The summed E-state index contributed by atoms with van der Waals surface area (Å²) in [4.78, 5) is 12.2. The Bertz CT molecular complexity index is 324. The standard InChI is InChI=1S/C14H26N2O2/c1-13(2)11(9-14(13,3)18-4)16-12(17)10-7-5-6-8-15-10/h10-11,15H,5-9H2,1-4H3,(H,16,17)/t10-,11-,14-/m1/s1. The zero-order valence-electron chi connectivity index (χ0n) is 12.0. The highest BCUT2D eigenvalue weighted by atomic mass is 16.5. The first-order chi connectivity index (χ1) is 8.40. The molecule has 2 fully saturated rings. The summed E-state index contributed by atoms with van der Waals surface area (Å²) in [6.45, 7) is 7.41. The van der Waals surface area contributed by atoms with Crippen LogP contribution in [0.25, 0.3) is 0 Å². The lowest BCUT2D eigenvalue weighted by Gasteiger charge is -2.59. The van der Waals surface area contributed by atoms with Crippen molar-refractivity contribution in [2.75, 3.05) is 13.7 Å². The van der Waals surface area contributed by atoms with E-state index in [9.17, 15) is 4.79 Å². The molecule has 2 aliphatic rings. The predicted octanol–water partition coefficient (Wildman–Crippen LogP) is 1.45. The van der Waals surface area contributed by atoms with E-state index in [4.69, 9.17) is 4.74 Å². The summed E-state index contributed by atoms with van der Waals surface area (Å²) < 4.78 is 5.58. The van der Waals surface area contributed by atoms with Crippen molar-refractivity contribution in [3.05, 3.63) is 0 Å². The van der Waals surface area contributed by atoms with Crippen LogP contribution in [0.4, 0.5) is 0 Å². The fourth-order valence-corrected chi connectivity index (χ4v) is 3.07. The van der Waals surface area contributed by atoms with Crippen LogP contribution in [-0.2, 0) is 9.53 Å². The van der Waals surface area contributed by atoms with Gasteiger partial charge in [-0.05, 0) is 32.7 Å². The maximum atomic E-state index is 12.2. The third kappa shape index (κ3) is 2.16. The summed E-state index contributed by atoms with van der Waals surface area (Å²) in [5.41, 5.74) is -0.128. The van der Waals surface area contributed by atoms with Crippen molar-refractivity contribution >= 4 is 5.91 Å². The number of hydrogen-bond donors (Lipinski definition) is 2. The highest BCUT2D eigenvalue weighted by Gasteiger charge is 2.58. The normalized spacial score (nSPS) is 38.9. The van der Waals surface area contributed by atoms with Crippen LogP contribution in [0.1, 0.15) is 46.5 Å². The molecule has 0 aromatic carbocycles. The number of ether oxygens (including phenoxy) is 1. The molecule has 1 amide bonds. The SMILES string of the molecule is CO[C@]1(C)C[C@@H](NC(=O)[C@H]2CCCCN2)C1(C)C. The van der Waals surface area contributed by atoms with Crippen LogP contribution in [0.2, 0.25) is 0 Å². The van der Waals surface area contributed by atoms with Crippen molar-refractivity contribution in [2.45, 2.75) is 64.1 Å². The number of hydrogen-bond acceptors (Lipinski definition) is 3. The molecule has 1 saturated carbocycles. The summed E-state index contributed by atoms with van der Waals surface area (Å²) in [7, 11) is 1.75. The van der Waals surface area contributed by atoms with E-state index < -0.39 is 0 Å². The lowest BCUT2D eigenvalue weighted by atomic mass is 9.55. The number of carbonyl (C=O) groups excluding carboxylic acids is 1. The van der Waals surface area contributed by atoms with Crippen LogP contribution in [0.3, 0.4) is 0 Å². The fourth-order valence-electron chi connectivity index (χ4n) is 3.07. The molecule has 4 heteroatoms. The molecule has 18 heavy (non-hydrogen) atoms. The van der Waals surface area contributed by atoms with Gasteiger partial charge >= 0.3 is 0 Å². The van der Waals surface area contributed by atoms with Crippen LogP contribution < -0.4 is 10.6 Å². The van der Waals surface area contributed by atoms with Crippen molar-refractivity contribution in [3.8, 4) is 0 Å². The molecule has 0 aromatic heterocycles. The Morgan fingerprint density at radius 3 is 2.56 bits per heavy atom. The monoisotopic (exact) mass is 254 g/mol. The molecule has 2 rings (SSSR count). The van der Waals surface area contributed by atoms with E-state index in [0.717, 1.165) is 25.8 Å². The van der Waals surface area contributed by atoms with Crippen molar-refractivity contribution in [1.29, 1.82) is 0 Å². The van der Waals surface area contributed by atoms with Gasteiger partial charge in [0.15, 0.2) is 0 Å². The second-order valence-corrected chi connectivity index (χ2v) is 6.42. The third-order valence-electron chi connectivity index (χ3n) is 5.22. The number of amides is 1.